The van der Waals surface area contributed by atoms with Crippen molar-refractivity contribution in [3.63, 3.8) is 0 Å². The molecule has 2 amide bonds. The number of rotatable bonds is 1. The number of carbonyl (C=O) groups excluding carboxylic acids is 2. The van der Waals surface area contributed by atoms with Gasteiger partial charge in [0.15, 0.2) is 0 Å². The van der Waals surface area contributed by atoms with Crippen molar-refractivity contribution in [3.05, 3.63) is 42.2 Å². The molecule has 0 unspecified atom stereocenters. The fourth-order valence-corrected chi connectivity index (χ4v) is 3.52. The van der Waals surface area contributed by atoms with E-state index < -0.39 is 5.54 Å². The van der Waals surface area contributed by atoms with E-state index in [4.69, 9.17) is 0 Å². The van der Waals surface area contributed by atoms with Gasteiger partial charge < -0.3 is 14.2 Å². The van der Waals surface area contributed by atoms with Crippen molar-refractivity contribution >= 4 is 23.3 Å². The first-order chi connectivity index (χ1) is 12.0. The number of guanidine groups is 1. The van der Waals surface area contributed by atoms with Crippen molar-refractivity contribution < 1.29 is 9.59 Å². The summed E-state index contributed by atoms with van der Waals surface area (Å²) >= 11 is 0. The highest BCUT2D eigenvalue weighted by atomic mass is 16.2. The van der Waals surface area contributed by atoms with Crippen LogP contribution in [0.3, 0.4) is 0 Å². The summed E-state index contributed by atoms with van der Waals surface area (Å²) in [7, 11) is 3.71. The SMILES string of the molecule is CN(C)C1=NC2(CCN(C(=O)c3ccc4ccccn34)CC2)C(=O)N1. The fourth-order valence-electron chi connectivity index (χ4n) is 3.52. The zero-order chi connectivity index (χ0) is 17.6. The van der Waals surface area contributed by atoms with Crippen molar-refractivity contribution in [2.75, 3.05) is 27.2 Å². The number of pyridine rings is 1. The number of nitrogens with one attached hydrogen (secondary N) is 1. The van der Waals surface area contributed by atoms with Crippen LogP contribution in [0.2, 0.25) is 0 Å². The number of carbonyl (C=O) groups is 2. The van der Waals surface area contributed by atoms with Gasteiger partial charge in [0.05, 0.1) is 0 Å². The molecule has 4 rings (SSSR count). The molecule has 0 saturated carbocycles. The van der Waals surface area contributed by atoms with Gasteiger partial charge in [-0.1, -0.05) is 6.07 Å². The van der Waals surface area contributed by atoms with Crippen LogP contribution in [0, 0.1) is 0 Å². The number of nitrogens with zero attached hydrogens (tertiary/aromatic N) is 4. The molecule has 0 atom stereocenters. The molecule has 130 valence electrons. The van der Waals surface area contributed by atoms with Crippen LogP contribution < -0.4 is 5.32 Å². The lowest BCUT2D eigenvalue weighted by Gasteiger charge is -2.35. The number of piperidine rings is 1. The molecule has 1 saturated heterocycles. The maximum Gasteiger partial charge on any atom is 0.270 e. The number of aliphatic imine (C=N–C) groups is 1. The molecule has 25 heavy (non-hydrogen) atoms. The Kier molecular flexibility index (Phi) is 3.52. The molecule has 7 nitrogen and oxygen atoms in total. The summed E-state index contributed by atoms with van der Waals surface area (Å²) in [4.78, 5) is 33.5. The highest BCUT2D eigenvalue weighted by Crippen LogP contribution is 2.31. The molecule has 0 bridgehead atoms. The number of hydrogen-bond donors (Lipinski definition) is 1. The quantitative estimate of drug-likeness (QED) is 0.841. The predicted octanol–water partition coefficient (Wildman–Crippen LogP) is 0.961. The lowest BCUT2D eigenvalue weighted by atomic mass is 9.88. The summed E-state index contributed by atoms with van der Waals surface area (Å²) in [5.41, 5.74) is 0.923. The van der Waals surface area contributed by atoms with Crippen molar-refractivity contribution in [1.29, 1.82) is 0 Å². The lowest BCUT2D eigenvalue weighted by molar-refractivity contribution is -0.125. The molecule has 0 aliphatic carbocycles. The first-order valence-corrected chi connectivity index (χ1v) is 8.44. The molecule has 2 aliphatic rings. The summed E-state index contributed by atoms with van der Waals surface area (Å²) in [5.74, 6) is 0.537. The highest BCUT2D eigenvalue weighted by Gasteiger charge is 2.47. The largest absolute Gasteiger partial charge is 0.349 e. The lowest BCUT2D eigenvalue weighted by Crippen LogP contribution is -2.50. The molecule has 1 spiro atoms. The third kappa shape index (κ3) is 2.47. The molecule has 2 aromatic rings. The van der Waals surface area contributed by atoms with Crippen LogP contribution in [0.15, 0.2) is 41.5 Å². The summed E-state index contributed by atoms with van der Waals surface area (Å²) in [5, 5.41) is 2.84. The first-order valence-electron chi connectivity index (χ1n) is 8.44. The van der Waals surface area contributed by atoms with Crippen molar-refractivity contribution in [1.82, 2.24) is 19.5 Å². The second kappa shape index (κ2) is 5.61. The summed E-state index contributed by atoms with van der Waals surface area (Å²) < 4.78 is 1.90. The Balaban J connectivity index is 1.52. The topological polar surface area (TPSA) is 69.4 Å². The van der Waals surface area contributed by atoms with Gasteiger partial charge in [0.2, 0.25) is 5.96 Å². The van der Waals surface area contributed by atoms with E-state index in [2.05, 4.69) is 10.3 Å². The van der Waals surface area contributed by atoms with Gasteiger partial charge in [-0.15, -0.1) is 0 Å². The molecular weight excluding hydrogens is 318 g/mol. The number of amides is 2. The van der Waals surface area contributed by atoms with Crippen molar-refractivity contribution in [3.8, 4) is 0 Å². The van der Waals surface area contributed by atoms with Gasteiger partial charge in [-0.25, -0.2) is 4.99 Å². The third-order valence-corrected chi connectivity index (χ3v) is 5.05. The molecular formula is C18H21N5O2. The van der Waals surface area contributed by atoms with E-state index in [0.29, 0.717) is 37.6 Å². The van der Waals surface area contributed by atoms with Gasteiger partial charge in [-0.2, -0.15) is 0 Å². The van der Waals surface area contributed by atoms with Crippen LogP contribution in [0.4, 0.5) is 0 Å². The van der Waals surface area contributed by atoms with E-state index in [9.17, 15) is 9.59 Å². The minimum atomic E-state index is -0.725. The molecule has 0 aromatic carbocycles. The van der Waals surface area contributed by atoms with Crippen LogP contribution in [-0.2, 0) is 4.79 Å². The minimum Gasteiger partial charge on any atom is -0.349 e. The first kappa shape index (κ1) is 15.7. The van der Waals surface area contributed by atoms with Crippen molar-refractivity contribution in [2.45, 2.75) is 18.4 Å². The third-order valence-electron chi connectivity index (χ3n) is 5.05. The van der Waals surface area contributed by atoms with Gasteiger partial charge in [0.1, 0.15) is 11.2 Å². The zero-order valence-electron chi connectivity index (χ0n) is 14.4. The minimum absolute atomic E-state index is 0.00346. The fraction of sp³-hybridized carbons (Fsp3) is 0.389. The average Bonchev–Trinajstić information content (AvgIpc) is 3.17. The van der Waals surface area contributed by atoms with Crippen LogP contribution >= 0.6 is 0 Å². The summed E-state index contributed by atoms with van der Waals surface area (Å²) in [6.07, 6.45) is 2.99. The highest BCUT2D eigenvalue weighted by molar-refractivity contribution is 6.07. The monoisotopic (exact) mass is 339 g/mol. The van der Waals surface area contributed by atoms with E-state index in [-0.39, 0.29) is 11.8 Å². The molecule has 7 heteroatoms. The Morgan fingerprint density at radius 1 is 1.20 bits per heavy atom. The molecule has 0 radical (unpaired) electrons. The van der Waals surface area contributed by atoms with Crippen LogP contribution in [0.25, 0.3) is 5.52 Å². The van der Waals surface area contributed by atoms with Gasteiger partial charge in [-0.05, 0) is 37.1 Å². The van der Waals surface area contributed by atoms with Gasteiger partial charge in [0.25, 0.3) is 11.8 Å². The van der Waals surface area contributed by atoms with Crippen LogP contribution in [0.1, 0.15) is 23.3 Å². The Bertz CT molecular complexity index is 874. The molecule has 4 heterocycles. The summed E-state index contributed by atoms with van der Waals surface area (Å²) in [6, 6.07) is 9.63. The van der Waals surface area contributed by atoms with E-state index in [1.807, 2.05) is 59.9 Å². The Morgan fingerprint density at radius 2 is 1.96 bits per heavy atom. The Labute approximate surface area is 145 Å². The Hall–Kier alpha value is -2.83. The number of aromatic nitrogens is 1. The second-order valence-electron chi connectivity index (χ2n) is 6.82. The molecule has 1 fully saturated rings. The molecule has 1 N–H and O–H groups in total. The maximum absolute atomic E-state index is 12.9. The van der Waals surface area contributed by atoms with Gasteiger partial charge in [0, 0.05) is 38.9 Å². The van der Waals surface area contributed by atoms with E-state index >= 15 is 0 Å². The Morgan fingerprint density at radius 3 is 2.64 bits per heavy atom. The standard InChI is InChI=1S/C18H21N5O2/c1-21(2)17-19-16(25)18(20-17)8-11-22(12-9-18)15(24)14-7-6-13-5-3-4-10-23(13)14/h3-7,10H,8-9,11-12H2,1-2H3,(H,19,20,25). The van der Waals surface area contributed by atoms with E-state index in [1.54, 1.807) is 4.90 Å². The van der Waals surface area contributed by atoms with E-state index in [0.717, 1.165) is 5.52 Å². The number of likely N-dealkylation sites (tertiary alicyclic amines) is 1. The van der Waals surface area contributed by atoms with Crippen molar-refractivity contribution in [2.24, 2.45) is 4.99 Å². The smallest absolute Gasteiger partial charge is 0.270 e. The van der Waals surface area contributed by atoms with Crippen LogP contribution in [-0.4, -0.2) is 64.7 Å². The number of fused-ring (bicyclic) bond motifs is 1. The van der Waals surface area contributed by atoms with Gasteiger partial charge >= 0.3 is 0 Å². The number of hydrogen-bond acceptors (Lipinski definition) is 4. The van der Waals surface area contributed by atoms with E-state index in [1.165, 1.54) is 0 Å². The molecule has 2 aliphatic heterocycles. The average molecular weight is 339 g/mol. The van der Waals surface area contributed by atoms with Crippen LogP contribution in [0.5, 0.6) is 0 Å². The molecule has 2 aromatic heterocycles. The maximum atomic E-state index is 12.9. The zero-order valence-corrected chi connectivity index (χ0v) is 14.4. The summed E-state index contributed by atoms with van der Waals surface area (Å²) in [6.45, 7) is 1.05. The predicted molar refractivity (Wildman–Crippen MR) is 94.5 cm³/mol. The second-order valence-corrected chi connectivity index (χ2v) is 6.82. The van der Waals surface area contributed by atoms with Gasteiger partial charge in [-0.3, -0.25) is 14.9 Å². The normalized spacial score (nSPS) is 19.2.